The Kier molecular flexibility index (Phi) is 7.33. The Labute approximate surface area is 201 Å². The zero-order valence-corrected chi connectivity index (χ0v) is 20.0. The number of esters is 1. The molecule has 7 nitrogen and oxygen atoms in total. The third kappa shape index (κ3) is 5.00. The average Bonchev–Trinajstić information content (AvgIpc) is 3.57. The van der Waals surface area contributed by atoms with E-state index in [9.17, 15) is 14.0 Å². The fourth-order valence-corrected chi connectivity index (χ4v) is 4.51. The van der Waals surface area contributed by atoms with E-state index in [4.69, 9.17) is 10.5 Å². The number of carbonyl (C=O) groups is 2. The molecule has 1 aliphatic heterocycles. The van der Waals surface area contributed by atoms with Crippen LogP contribution in [-0.4, -0.2) is 40.7 Å². The quantitative estimate of drug-likeness (QED) is 0.282. The van der Waals surface area contributed by atoms with Crippen LogP contribution in [0.5, 0.6) is 5.75 Å². The van der Waals surface area contributed by atoms with Gasteiger partial charge in [0.1, 0.15) is 11.0 Å². The van der Waals surface area contributed by atoms with Crippen molar-refractivity contribution in [2.75, 3.05) is 18.0 Å². The molecule has 0 amide bonds. The summed E-state index contributed by atoms with van der Waals surface area (Å²) >= 11 is 1.10. The van der Waals surface area contributed by atoms with Crippen molar-refractivity contribution in [2.45, 2.75) is 39.2 Å². The van der Waals surface area contributed by atoms with Crippen LogP contribution >= 0.6 is 11.5 Å². The summed E-state index contributed by atoms with van der Waals surface area (Å²) in [5, 5.41) is 0.454. The number of nitrogens with two attached hydrogens (primary N) is 1. The first-order chi connectivity index (χ1) is 16.4. The fraction of sp³-hybridized carbons (Fsp3) is 0.360. The minimum absolute atomic E-state index is 0.0913. The van der Waals surface area contributed by atoms with Crippen LogP contribution in [0.4, 0.5) is 10.1 Å². The summed E-state index contributed by atoms with van der Waals surface area (Å²) in [6, 6.07) is 9.77. The van der Waals surface area contributed by atoms with Gasteiger partial charge < -0.3 is 15.4 Å². The highest BCUT2D eigenvalue weighted by atomic mass is 32.1. The normalized spacial score (nSPS) is 15.2. The Morgan fingerprint density at radius 3 is 2.59 bits per heavy atom. The zero-order chi connectivity index (χ0) is 24.2. The molecule has 178 valence electrons. The van der Waals surface area contributed by atoms with Crippen molar-refractivity contribution in [3.05, 3.63) is 47.8 Å². The van der Waals surface area contributed by atoms with E-state index in [1.54, 1.807) is 6.92 Å². The molecule has 1 fully saturated rings. The van der Waals surface area contributed by atoms with E-state index >= 15 is 0 Å². The van der Waals surface area contributed by atoms with Crippen molar-refractivity contribution in [3.8, 4) is 27.7 Å². The monoisotopic (exact) mass is 482 g/mol. The Balaban J connectivity index is 1.55. The van der Waals surface area contributed by atoms with Gasteiger partial charge in [-0.3, -0.25) is 4.79 Å². The van der Waals surface area contributed by atoms with E-state index in [-0.39, 0.29) is 11.5 Å². The molecule has 0 spiro atoms. The van der Waals surface area contributed by atoms with Crippen molar-refractivity contribution in [3.63, 3.8) is 0 Å². The lowest BCUT2D eigenvalue weighted by molar-refractivity contribution is -0.137. The number of rotatable bonds is 8. The molecular formula is C25H27FN4O3S. The highest BCUT2D eigenvalue weighted by Gasteiger charge is 2.25. The Morgan fingerprint density at radius 2 is 1.94 bits per heavy atom. The van der Waals surface area contributed by atoms with Gasteiger partial charge in [-0.25, -0.2) is 14.2 Å². The lowest BCUT2D eigenvalue weighted by atomic mass is 10.0. The molecule has 1 aromatic heterocycles. The van der Waals surface area contributed by atoms with Crippen molar-refractivity contribution in [1.29, 1.82) is 0 Å². The summed E-state index contributed by atoms with van der Waals surface area (Å²) in [5.41, 5.74) is 8.19. The van der Waals surface area contributed by atoms with E-state index in [1.165, 1.54) is 30.7 Å². The van der Waals surface area contributed by atoms with Gasteiger partial charge in [-0.15, -0.1) is 0 Å². The second-order valence-corrected chi connectivity index (χ2v) is 9.24. The molecule has 1 saturated heterocycles. The summed E-state index contributed by atoms with van der Waals surface area (Å²) in [4.78, 5) is 30.8. The maximum absolute atomic E-state index is 14.9. The summed E-state index contributed by atoms with van der Waals surface area (Å²) in [7, 11) is 0. The van der Waals surface area contributed by atoms with Gasteiger partial charge in [0, 0.05) is 29.9 Å². The van der Waals surface area contributed by atoms with Crippen LogP contribution in [0.1, 0.15) is 43.5 Å². The number of carbonyl (C=O) groups excluding carboxylic acids is 2. The number of ether oxygens (including phenoxy) is 1. The van der Waals surface area contributed by atoms with Gasteiger partial charge in [-0.2, -0.15) is 4.37 Å². The molecule has 9 heteroatoms. The van der Waals surface area contributed by atoms with Crippen molar-refractivity contribution >= 4 is 29.5 Å². The van der Waals surface area contributed by atoms with Crippen molar-refractivity contribution in [2.24, 2.45) is 11.7 Å². The molecule has 0 aliphatic carbocycles. The van der Waals surface area contributed by atoms with E-state index in [1.807, 2.05) is 19.1 Å². The van der Waals surface area contributed by atoms with Crippen molar-refractivity contribution in [1.82, 2.24) is 9.36 Å². The molecule has 2 heterocycles. The summed E-state index contributed by atoms with van der Waals surface area (Å²) in [5.74, 6) is -1.66. The Bertz CT molecular complexity index is 1180. The number of benzene rings is 2. The van der Waals surface area contributed by atoms with Crippen LogP contribution in [0.25, 0.3) is 22.0 Å². The van der Waals surface area contributed by atoms with Crippen LogP contribution in [-0.2, 0) is 4.79 Å². The van der Waals surface area contributed by atoms with Gasteiger partial charge in [0.2, 0.25) is 0 Å². The number of hydrogen-bond donors (Lipinski definition) is 1. The van der Waals surface area contributed by atoms with Crippen LogP contribution in [0.3, 0.4) is 0 Å². The van der Waals surface area contributed by atoms with Crippen LogP contribution in [0, 0.1) is 11.7 Å². The molecule has 2 atom stereocenters. The van der Waals surface area contributed by atoms with Gasteiger partial charge >= 0.3 is 5.97 Å². The van der Waals surface area contributed by atoms with Gasteiger partial charge in [-0.05, 0) is 66.7 Å². The number of aldehydes is 1. The molecule has 0 radical (unpaired) electrons. The number of nitrogens with zero attached hydrogens (tertiary/aromatic N) is 3. The van der Waals surface area contributed by atoms with Crippen LogP contribution in [0.15, 0.2) is 36.4 Å². The van der Waals surface area contributed by atoms with Crippen molar-refractivity contribution < 1.29 is 18.7 Å². The molecule has 2 aromatic carbocycles. The lowest BCUT2D eigenvalue weighted by Crippen LogP contribution is -2.39. The number of anilines is 1. The number of aromatic nitrogens is 2. The maximum Gasteiger partial charge on any atom is 0.328 e. The highest BCUT2D eigenvalue weighted by Crippen LogP contribution is 2.32. The Morgan fingerprint density at radius 1 is 1.24 bits per heavy atom. The molecule has 0 bridgehead atoms. The van der Waals surface area contributed by atoms with Crippen LogP contribution < -0.4 is 15.4 Å². The molecule has 0 unspecified atom stereocenters. The minimum atomic E-state index is -0.911. The molecule has 0 saturated carbocycles. The topological polar surface area (TPSA) is 98.4 Å². The maximum atomic E-state index is 14.9. The van der Waals surface area contributed by atoms with E-state index in [2.05, 4.69) is 26.4 Å². The minimum Gasteiger partial charge on any atom is -0.421 e. The first kappa shape index (κ1) is 24.0. The largest absolute Gasteiger partial charge is 0.421 e. The SMILES string of the molecule is CC[C@H](C)[C@H](N)C(=O)Oc1c(F)cc(-c2nc(-c3ccc(N4CCCC4)cc3)ns2)cc1C=O. The van der Waals surface area contributed by atoms with E-state index in [0.717, 1.165) is 30.2 Å². The van der Waals surface area contributed by atoms with Gasteiger partial charge in [0.15, 0.2) is 23.7 Å². The van der Waals surface area contributed by atoms with E-state index < -0.39 is 23.6 Å². The second-order valence-electron chi connectivity index (χ2n) is 8.49. The molecule has 1 aliphatic rings. The fourth-order valence-electron chi connectivity index (χ4n) is 3.84. The number of halogens is 1. The standard InChI is InChI=1S/C25H27FN4O3S/c1-3-15(2)21(27)25(32)33-22-18(14-31)12-17(13-20(22)26)24-28-23(29-34-24)16-6-8-19(9-7-16)30-10-4-5-11-30/h6-9,12-15,21H,3-5,10-11,27H2,1-2H3/t15-,21-/m0/s1. The lowest BCUT2D eigenvalue weighted by Gasteiger charge is -2.17. The molecular weight excluding hydrogens is 455 g/mol. The Hall–Kier alpha value is -3.17. The first-order valence-electron chi connectivity index (χ1n) is 11.4. The highest BCUT2D eigenvalue weighted by molar-refractivity contribution is 7.09. The summed E-state index contributed by atoms with van der Waals surface area (Å²) in [6.45, 7) is 5.83. The van der Waals surface area contributed by atoms with Gasteiger partial charge in [-0.1, -0.05) is 20.3 Å². The van der Waals surface area contributed by atoms with Gasteiger partial charge in [0.25, 0.3) is 0 Å². The zero-order valence-electron chi connectivity index (χ0n) is 19.2. The molecule has 3 aromatic rings. The second kappa shape index (κ2) is 10.4. The first-order valence-corrected chi connectivity index (χ1v) is 12.1. The number of hydrogen-bond acceptors (Lipinski definition) is 8. The van der Waals surface area contributed by atoms with Crippen LogP contribution in [0.2, 0.25) is 0 Å². The smallest absolute Gasteiger partial charge is 0.328 e. The predicted octanol–water partition coefficient (Wildman–Crippen LogP) is 4.70. The summed E-state index contributed by atoms with van der Waals surface area (Å²) in [6.07, 6.45) is 3.53. The third-order valence-corrected chi connectivity index (χ3v) is 6.96. The molecule has 2 N–H and O–H groups in total. The van der Waals surface area contributed by atoms with E-state index in [0.29, 0.717) is 29.1 Å². The predicted molar refractivity (Wildman–Crippen MR) is 131 cm³/mol. The third-order valence-electron chi connectivity index (χ3n) is 6.20. The average molecular weight is 483 g/mol. The summed E-state index contributed by atoms with van der Waals surface area (Å²) < 4.78 is 24.5. The molecule has 34 heavy (non-hydrogen) atoms. The molecule has 4 rings (SSSR count). The van der Waals surface area contributed by atoms with Gasteiger partial charge in [0.05, 0.1) is 5.56 Å².